The molecule has 2 nitrogen and oxygen atoms in total. The van der Waals surface area contributed by atoms with Crippen molar-refractivity contribution in [2.45, 2.75) is 10.8 Å². The van der Waals surface area contributed by atoms with Gasteiger partial charge in [0.2, 0.25) is 0 Å². The minimum absolute atomic E-state index is 0.563. The summed E-state index contributed by atoms with van der Waals surface area (Å²) in [6.07, 6.45) is 0. The number of fused-ring (bicyclic) bond motifs is 15. The number of benzene rings is 12. The average Bonchev–Trinajstić information content (AvgIpc) is 4.29. The molecule has 12 aromatic carbocycles. The minimum Gasteiger partial charge on any atom is -0.309 e. The highest BCUT2D eigenvalue weighted by Crippen LogP contribution is 2.63. The molecule has 0 saturated carbocycles. The molecule has 2 heteroatoms. The predicted octanol–water partition coefficient (Wildman–Crippen LogP) is 18.6. The monoisotopic (exact) mass is 964 g/mol. The first-order chi connectivity index (χ1) is 37.7. The van der Waals surface area contributed by atoms with Gasteiger partial charge in [0.1, 0.15) is 0 Å². The number of anilines is 3. The van der Waals surface area contributed by atoms with Crippen LogP contribution in [0.15, 0.2) is 291 Å². The van der Waals surface area contributed by atoms with E-state index in [0.29, 0.717) is 0 Å². The quantitative estimate of drug-likeness (QED) is 0.155. The smallest absolute Gasteiger partial charge is 0.0754 e. The van der Waals surface area contributed by atoms with E-state index in [2.05, 4.69) is 301 Å². The molecule has 1 aromatic heterocycles. The molecule has 0 saturated heterocycles. The van der Waals surface area contributed by atoms with Crippen molar-refractivity contribution in [1.82, 2.24) is 4.57 Å². The third kappa shape index (κ3) is 5.70. The number of aromatic nitrogens is 1. The summed E-state index contributed by atoms with van der Waals surface area (Å²) in [5.41, 5.74) is 25.9. The minimum atomic E-state index is -0.565. The summed E-state index contributed by atoms with van der Waals surface area (Å²) in [7, 11) is 0. The van der Waals surface area contributed by atoms with E-state index in [1.807, 2.05) is 0 Å². The maximum Gasteiger partial charge on any atom is 0.0754 e. The van der Waals surface area contributed by atoms with Crippen molar-refractivity contribution in [3.05, 3.63) is 336 Å². The fourth-order valence-electron chi connectivity index (χ4n) is 14.1. The number of para-hydroxylation sites is 4. The molecule has 0 fully saturated rings. The molecule has 16 rings (SSSR count). The van der Waals surface area contributed by atoms with Gasteiger partial charge in [-0.3, -0.25) is 0 Å². The molecule has 0 amide bonds. The lowest BCUT2D eigenvalue weighted by atomic mass is 9.65. The van der Waals surface area contributed by atoms with Gasteiger partial charge in [-0.15, -0.1) is 0 Å². The van der Waals surface area contributed by atoms with Crippen LogP contribution in [0.2, 0.25) is 0 Å². The van der Waals surface area contributed by atoms with Crippen LogP contribution in [0.25, 0.3) is 72.0 Å². The molecule has 3 aliphatic rings. The lowest BCUT2D eigenvalue weighted by molar-refractivity contribution is 0.748. The Kier molecular flexibility index (Phi) is 9.20. The molecule has 1 unspecified atom stereocenters. The molecule has 1 atom stereocenters. The Morgan fingerprint density at radius 1 is 0.289 bits per heavy atom. The fourth-order valence-corrected chi connectivity index (χ4v) is 14.1. The summed E-state index contributed by atoms with van der Waals surface area (Å²) in [4.78, 5) is 2.57. The van der Waals surface area contributed by atoms with Crippen molar-refractivity contribution < 1.29 is 0 Å². The summed E-state index contributed by atoms with van der Waals surface area (Å²) in [5, 5.41) is 2.56. The second-order valence-electron chi connectivity index (χ2n) is 20.6. The van der Waals surface area contributed by atoms with Gasteiger partial charge in [0, 0.05) is 27.6 Å². The Bertz CT molecular complexity index is 4410. The van der Waals surface area contributed by atoms with Crippen LogP contribution in [-0.4, -0.2) is 4.57 Å². The van der Waals surface area contributed by atoms with Gasteiger partial charge >= 0.3 is 0 Å². The fraction of sp³-hybridized carbons (Fsp3) is 0.0270. The molecule has 0 N–H and O–H groups in total. The van der Waals surface area contributed by atoms with Crippen molar-refractivity contribution in [3.63, 3.8) is 0 Å². The second-order valence-corrected chi connectivity index (χ2v) is 20.6. The predicted molar refractivity (Wildman–Crippen MR) is 315 cm³/mol. The first-order valence-electron chi connectivity index (χ1n) is 26.5. The summed E-state index contributed by atoms with van der Waals surface area (Å²) < 4.78 is 2.53. The summed E-state index contributed by atoms with van der Waals surface area (Å²) in [6, 6.07) is 109. The molecule has 13 aromatic rings. The Labute approximate surface area is 442 Å². The SMILES string of the molecule is c1ccc(-c2ccc(-c3ccccc3N(c3ccc4c(c3)-c3ccccc3C43c4ccccc4-n4c5ccccc5c5cccc3c54)c3cccc4c3-c3ccccc3C4(c3ccccc3)c3ccccc3)cc2)cc1. The molecular formula is C74H48N2. The van der Waals surface area contributed by atoms with Crippen LogP contribution in [0, 0.1) is 0 Å². The van der Waals surface area contributed by atoms with Crippen LogP contribution in [0.3, 0.4) is 0 Å². The van der Waals surface area contributed by atoms with Crippen molar-refractivity contribution in [2.75, 3.05) is 4.90 Å². The zero-order chi connectivity index (χ0) is 50.0. The van der Waals surface area contributed by atoms with Gasteiger partial charge in [-0.2, -0.15) is 0 Å². The highest BCUT2D eigenvalue weighted by Gasteiger charge is 2.52. The molecule has 0 bridgehead atoms. The molecule has 0 radical (unpaired) electrons. The highest BCUT2D eigenvalue weighted by atomic mass is 15.1. The van der Waals surface area contributed by atoms with Crippen LogP contribution in [-0.2, 0) is 10.8 Å². The molecule has 1 aliphatic heterocycles. The van der Waals surface area contributed by atoms with Crippen LogP contribution >= 0.6 is 0 Å². The summed E-state index contributed by atoms with van der Waals surface area (Å²) in [5.74, 6) is 0. The van der Waals surface area contributed by atoms with Crippen LogP contribution < -0.4 is 4.90 Å². The van der Waals surface area contributed by atoms with E-state index >= 15 is 0 Å². The number of hydrogen-bond acceptors (Lipinski definition) is 1. The average molecular weight is 965 g/mol. The third-order valence-electron chi connectivity index (χ3n) is 17.1. The lowest BCUT2D eigenvalue weighted by Gasteiger charge is -2.39. The van der Waals surface area contributed by atoms with Gasteiger partial charge in [0.25, 0.3) is 0 Å². The number of hydrogen-bond donors (Lipinski definition) is 0. The van der Waals surface area contributed by atoms with E-state index < -0.39 is 10.8 Å². The van der Waals surface area contributed by atoms with E-state index in [1.54, 1.807) is 0 Å². The van der Waals surface area contributed by atoms with Gasteiger partial charge in [0.05, 0.1) is 38.9 Å². The summed E-state index contributed by atoms with van der Waals surface area (Å²) in [6.45, 7) is 0. The van der Waals surface area contributed by atoms with Crippen molar-refractivity contribution in [1.29, 1.82) is 0 Å². The Morgan fingerprint density at radius 2 is 0.803 bits per heavy atom. The first kappa shape index (κ1) is 42.7. The molecule has 76 heavy (non-hydrogen) atoms. The summed E-state index contributed by atoms with van der Waals surface area (Å²) >= 11 is 0. The normalized spacial score (nSPS) is 15.0. The standard InChI is InChI=1S/C74H48N2/c1-4-22-49(23-5-1)50-42-44-51(45-43-50)55-28-12-17-38-67(55)75(70-41-21-36-65-71(70)59-31-11-15-34-62(59)73(65,52-24-6-2-7-25-52)53-26-8-3-9-27-53)54-46-47-63-60(48-54)56-29-10-14-33-61(56)74(63)64-35-16-19-40-69(64)76-68-39-18-13-30-57(68)58-32-20-37-66(74)72(58)76/h1-48H. The van der Waals surface area contributed by atoms with Gasteiger partial charge < -0.3 is 9.47 Å². The van der Waals surface area contributed by atoms with Crippen LogP contribution in [0.4, 0.5) is 17.1 Å². The van der Waals surface area contributed by atoms with Gasteiger partial charge in [-0.1, -0.05) is 255 Å². The van der Waals surface area contributed by atoms with E-state index in [9.17, 15) is 0 Å². The third-order valence-corrected chi connectivity index (χ3v) is 17.1. The zero-order valence-corrected chi connectivity index (χ0v) is 41.6. The molecule has 1 spiro atoms. The van der Waals surface area contributed by atoms with E-state index in [-0.39, 0.29) is 0 Å². The second kappa shape index (κ2) is 16.4. The van der Waals surface area contributed by atoms with Gasteiger partial charge in [0.15, 0.2) is 0 Å². The first-order valence-corrected chi connectivity index (χ1v) is 26.5. The highest BCUT2D eigenvalue weighted by molar-refractivity contribution is 6.13. The van der Waals surface area contributed by atoms with E-state index in [4.69, 9.17) is 0 Å². The van der Waals surface area contributed by atoms with Crippen molar-refractivity contribution in [2.24, 2.45) is 0 Å². The largest absolute Gasteiger partial charge is 0.309 e. The van der Waals surface area contributed by atoms with Gasteiger partial charge in [-0.05, 0) is 114 Å². The van der Waals surface area contributed by atoms with Crippen LogP contribution in [0.1, 0.15) is 44.5 Å². The Hall–Kier alpha value is -9.76. The van der Waals surface area contributed by atoms with Crippen molar-refractivity contribution in [3.8, 4) is 50.2 Å². The molecular weight excluding hydrogens is 917 g/mol. The topological polar surface area (TPSA) is 8.17 Å². The molecule has 2 heterocycles. The Morgan fingerprint density at radius 3 is 1.57 bits per heavy atom. The lowest BCUT2D eigenvalue weighted by Crippen LogP contribution is -2.33. The van der Waals surface area contributed by atoms with E-state index in [0.717, 1.165) is 28.2 Å². The molecule has 354 valence electrons. The Balaban J connectivity index is 0.983. The zero-order valence-electron chi connectivity index (χ0n) is 41.6. The van der Waals surface area contributed by atoms with E-state index in [1.165, 1.54) is 105 Å². The van der Waals surface area contributed by atoms with Crippen molar-refractivity contribution >= 4 is 38.9 Å². The number of nitrogens with zero attached hydrogens (tertiary/aromatic N) is 2. The van der Waals surface area contributed by atoms with Crippen LogP contribution in [0.5, 0.6) is 0 Å². The maximum atomic E-state index is 2.57. The maximum absolute atomic E-state index is 2.57. The molecule has 2 aliphatic carbocycles. The number of rotatable bonds is 7. The van der Waals surface area contributed by atoms with Gasteiger partial charge in [-0.25, -0.2) is 0 Å².